The van der Waals surface area contributed by atoms with Crippen molar-refractivity contribution in [3.8, 4) is 0 Å². The Hall–Kier alpha value is -0.970. The van der Waals surface area contributed by atoms with Gasteiger partial charge in [-0.15, -0.1) is 0 Å². The number of hydrogen-bond donors (Lipinski definition) is 0. The molecule has 0 fully saturated rings. The third kappa shape index (κ3) is 4.02. The molecule has 0 saturated heterocycles. The van der Waals surface area contributed by atoms with E-state index in [1.807, 2.05) is 32.0 Å². The van der Waals surface area contributed by atoms with Crippen LogP contribution in [0.25, 0.3) is 0 Å². The van der Waals surface area contributed by atoms with Gasteiger partial charge >= 0.3 is 0 Å². The van der Waals surface area contributed by atoms with E-state index in [0.29, 0.717) is 19.6 Å². The number of carbonyl (C=O) groups excluding carboxylic acids is 1. The van der Waals surface area contributed by atoms with Crippen molar-refractivity contribution in [2.75, 3.05) is 13.2 Å². The smallest absolute Gasteiger partial charge is 0.164 e. The summed E-state index contributed by atoms with van der Waals surface area (Å²) in [7, 11) is 0. The van der Waals surface area contributed by atoms with Gasteiger partial charge in [0.25, 0.3) is 0 Å². The third-order valence-electron chi connectivity index (χ3n) is 3.49. The fourth-order valence-corrected chi connectivity index (χ4v) is 4.08. The van der Waals surface area contributed by atoms with Crippen molar-refractivity contribution in [2.45, 2.75) is 31.6 Å². The molecule has 0 heterocycles. The van der Waals surface area contributed by atoms with Gasteiger partial charge in [0.1, 0.15) is 0 Å². The summed E-state index contributed by atoms with van der Waals surface area (Å²) in [5, 5.41) is 0. The highest BCUT2D eigenvalue weighted by atomic mass is 32.2. The van der Waals surface area contributed by atoms with E-state index in [2.05, 4.69) is 12.1 Å². The Kier molecular flexibility index (Phi) is 6.15. The van der Waals surface area contributed by atoms with Gasteiger partial charge in [0.15, 0.2) is 5.78 Å². The molecule has 1 aromatic rings. The zero-order chi connectivity index (χ0) is 15.2. The average molecular weight is 320 g/mol. The molecule has 0 amide bonds. The van der Waals surface area contributed by atoms with Gasteiger partial charge < -0.3 is 4.74 Å². The summed E-state index contributed by atoms with van der Waals surface area (Å²) in [4.78, 5) is 15.3. The maximum Gasteiger partial charge on any atom is 0.164 e. The van der Waals surface area contributed by atoms with Crippen molar-refractivity contribution in [3.05, 3.63) is 40.8 Å². The van der Waals surface area contributed by atoms with Gasteiger partial charge in [0.2, 0.25) is 0 Å². The maximum atomic E-state index is 12.3. The van der Waals surface area contributed by atoms with Gasteiger partial charge in [-0.3, -0.25) is 4.79 Å². The van der Waals surface area contributed by atoms with Gasteiger partial charge in [-0.1, -0.05) is 49.1 Å². The summed E-state index contributed by atoms with van der Waals surface area (Å²) < 4.78 is 5.59. The van der Waals surface area contributed by atoms with Crippen LogP contribution in [0.15, 0.2) is 45.7 Å². The normalized spacial score (nSPS) is 19.2. The van der Waals surface area contributed by atoms with Crippen molar-refractivity contribution in [1.29, 1.82) is 0 Å². The summed E-state index contributed by atoms with van der Waals surface area (Å²) in [6, 6.07) is 10.1. The second kappa shape index (κ2) is 7.87. The van der Waals surface area contributed by atoms with Gasteiger partial charge in [-0.25, -0.2) is 0 Å². The van der Waals surface area contributed by atoms with E-state index in [-0.39, 0.29) is 11.7 Å². The van der Waals surface area contributed by atoms with E-state index in [1.165, 1.54) is 0 Å². The van der Waals surface area contributed by atoms with E-state index in [4.69, 9.17) is 17.0 Å². The SMILES string of the molecule is CCOCC1C(=S)CC(=O)C(CC)=C1Sc1ccccc1. The van der Waals surface area contributed by atoms with Gasteiger partial charge in [0, 0.05) is 39.2 Å². The molecule has 0 aliphatic heterocycles. The van der Waals surface area contributed by atoms with Crippen LogP contribution in [0.5, 0.6) is 0 Å². The lowest BCUT2D eigenvalue weighted by atomic mass is 9.88. The lowest BCUT2D eigenvalue weighted by molar-refractivity contribution is -0.114. The Morgan fingerprint density at radius 3 is 2.62 bits per heavy atom. The largest absolute Gasteiger partial charge is 0.381 e. The van der Waals surface area contributed by atoms with Gasteiger partial charge in [-0.05, 0) is 25.5 Å². The highest BCUT2D eigenvalue weighted by molar-refractivity contribution is 8.03. The molecule has 0 bridgehead atoms. The van der Waals surface area contributed by atoms with E-state index >= 15 is 0 Å². The van der Waals surface area contributed by atoms with Crippen molar-refractivity contribution in [3.63, 3.8) is 0 Å². The van der Waals surface area contributed by atoms with Gasteiger partial charge in [0.05, 0.1) is 6.61 Å². The fourth-order valence-electron chi connectivity index (χ4n) is 2.41. The molecule has 1 unspecified atom stereocenters. The quantitative estimate of drug-likeness (QED) is 0.724. The first-order valence-electron chi connectivity index (χ1n) is 7.27. The third-order valence-corrected chi connectivity index (χ3v) is 5.17. The Labute approximate surface area is 136 Å². The summed E-state index contributed by atoms with van der Waals surface area (Å²) in [5.41, 5.74) is 0.919. The molecule has 0 saturated carbocycles. The molecule has 1 aromatic carbocycles. The molecule has 21 heavy (non-hydrogen) atoms. The average Bonchev–Trinajstić information content (AvgIpc) is 2.48. The van der Waals surface area contributed by atoms with E-state index in [1.54, 1.807) is 11.8 Å². The molecule has 1 aliphatic carbocycles. The maximum absolute atomic E-state index is 12.3. The van der Waals surface area contributed by atoms with Crippen LogP contribution in [-0.4, -0.2) is 23.9 Å². The number of thioether (sulfide) groups is 1. The first kappa shape index (κ1) is 16.4. The summed E-state index contributed by atoms with van der Waals surface area (Å²) in [6.07, 6.45) is 1.13. The molecule has 0 spiro atoms. The first-order chi connectivity index (χ1) is 10.2. The minimum atomic E-state index is 0.0674. The number of ketones is 1. The van der Waals surface area contributed by atoms with Crippen LogP contribution < -0.4 is 0 Å². The molecule has 1 atom stereocenters. The molecule has 1 aliphatic rings. The predicted octanol–water partition coefficient (Wildman–Crippen LogP) is 4.44. The number of benzene rings is 1. The van der Waals surface area contributed by atoms with Crippen LogP contribution in [-0.2, 0) is 9.53 Å². The summed E-state index contributed by atoms with van der Waals surface area (Å²) in [6.45, 7) is 5.25. The van der Waals surface area contributed by atoms with E-state index in [0.717, 1.165) is 26.7 Å². The summed E-state index contributed by atoms with van der Waals surface area (Å²) >= 11 is 7.12. The lowest BCUT2D eigenvalue weighted by Crippen LogP contribution is -2.29. The number of ether oxygens (including phenoxy) is 1. The Bertz CT molecular complexity index is 549. The monoisotopic (exact) mass is 320 g/mol. The van der Waals surface area contributed by atoms with E-state index in [9.17, 15) is 4.79 Å². The van der Waals surface area contributed by atoms with Crippen molar-refractivity contribution in [2.24, 2.45) is 5.92 Å². The molecule has 112 valence electrons. The van der Waals surface area contributed by atoms with E-state index < -0.39 is 0 Å². The fraction of sp³-hybridized carbons (Fsp3) is 0.412. The van der Waals surface area contributed by atoms with Crippen LogP contribution in [0.1, 0.15) is 26.7 Å². The minimum absolute atomic E-state index is 0.0674. The number of rotatable bonds is 6. The molecular weight excluding hydrogens is 300 g/mol. The molecule has 0 N–H and O–H groups in total. The second-order valence-corrected chi connectivity index (χ2v) is 6.53. The Morgan fingerprint density at radius 2 is 2.00 bits per heavy atom. The highest BCUT2D eigenvalue weighted by Crippen LogP contribution is 2.40. The van der Waals surface area contributed by atoms with Crippen LogP contribution in [0.2, 0.25) is 0 Å². The highest BCUT2D eigenvalue weighted by Gasteiger charge is 2.32. The number of carbonyl (C=O) groups is 1. The number of Topliss-reactive ketones (excluding diaryl/α,β-unsaturated/α-hetero) is 1. The van der Waals surface area contributed by atoms with Crippen molar-refractivity contribution in [1.82, 2.24) is 0 Å². The minimum Gasteiger partial charge on any atom is -0.381 e. The number of allylic oxidation sites excluding steroid dienone is 1. The van der Waals surface area contributed by atoms with Crippen LogP contribution >= 0.6 is 24.0 Å². The summed E-state index contributed by atoms with van der Waals surface area (Å²) in [5.74, 6) is 0.242. The topological polar surface area (TPSA) is 26.3 Å². The zero-order valence-corrected chi connectivity index (χ0v) is 14.1. The standard InChI is InChI=1S/C17H20O2S2/c1-3-13-15(18)10-16(20)14(11-19-4-2)17(13)21-12-8-6-5-7-9-12/h5-9,14H,3-4,10-11H2,1-2H3. The van der Waals surface area contributed by atoms with Gasteiger partial charge in [-0.2, -0.15) is 0 Å². The van der Waals surface area contributed by atoms with Crippen LogP contribution in [0.4, 0.5) is 0 Å². The number of hydrogen-bond acceptors (Lipinski definition) is 4. The Balaban J connectivity index is 2.35. The molecule has 0 aromatic heterocycles. The van der Waals surface area contributed by atoms with Crippen LogP contribution in [0.3, 0.4) is 0 Å². The molecular formula is C17H20O2S2. The molecule has 2 rings (SSSR count). The Morgan fingerprint density at radius 1 is 1.29 bits per heavy atom. The number of thiocarbonyl (C=S) groups is 1. The zero-order valence-electron chi connectivity index (χ0n) is 12.4. The molecule has 0 radical (unpaired) electrons. The van der Waals surface area contributed by atoms with Crippen LogP contribution in [0, 0.1) is 5.92 Å². The first-order valence-corrected chi connectivity index (χ1v) is 8.49. The van der Waals surface area contributed by atoms with Crippen molar-refractivity contribution < 1.29 is 9.53 Å². The second-order valence-electron chi connectivity index (χ2n) is 4.89. The molecule has 2 nitrogen and oxygen atoms in total. The predicted molar refractivity (Wildman–Crippen MR) is 91.8 cm³/mol. The van der Waals surface area contributed by atoms with Crippen molar-refractivity contribution >= 4 is 34.6 Å². The lowest BCUT2D eigenvalue weighted by Gasteiger charge is -2.28. The molecule has 4 heteroatoms.